The Balaban J connectivity index is 2.05. The standard InChI is InChI=1S/C24H27NO5/c1-3-5-16-29-22-14-10-9-13-20(22)23(26)25-21(18-28-15-4-2)24(27)30-17-19-11-7-6-8-12-19/h3-4,6-14,21H,1-2,5,15-18H2,(H,25,26). The van der Waals surface area contributed by atoms with Gasteiger partial charge in [-0.1, -0.05) is 54.6 Å². The second-order valence-corrected chi connectivity index (χ2v) is 6.37. The fourth-order valence-corrected chi connectivity index (χ4v) is 2.54. The Morgan fingerprint density at radius 2 is 1.73 bits per heavy atom. The highest BCUT2D eigenvalue weighted by molar-refractivity contribution is 5.99. The van der Waals surface area contributed by atoms with Crippen LogP contribution in [0, 0.1) is 0 Å². The number of para-hydroxylation sites is 1. The summed E-state index contributed by atoms with van der Waals surface area (Å²) in [7, 11) is 0. The number of amides is 1. The summed E-state index contributed by atoms with van der Waals surface area (Å²) in [6, 6.07) is 15.2. The third-order valence-electron chi connectivity index (χ3n) is 4.05. The average molecular weight is 409 g/mol. The molecule has 6 heteroatoms. The number of hydrogen-bond donors (Lipinski definition) is 1. The van der Waals surface area contributed by atoms with E-state index in [9.17, 15) is 9.59 Å². The molecule has 6 nitrogen and oxygen atoms in total. The SMILES string of the molecule is C=CCCOc1ccccc1C(=O)NC(COCC=C)C(=O)OCc1ccccc1. The molecule has 1 N–H and O–H groups in total. The zero-order chi connectivity index (χ0) is 21.6. The van der Waals surface area contributed by atoms with Crippen LogP contribution in [0.25, 0.3) is 0 Å². The predicted octanol–water partition coefficient (Wildman–Crippen LogP) is 3.69. The van der Waals surface area contributed by atoms with Crippen molar-refractivity contribution in [3.05, 3.63) is 91.0 Å². The Kier molecular flexibility index (Phi) is 9.89. The normalized spacial score (nSPS) is 11.2. The van der Waals surface area contributed by atoms with Crippen LogP contribution in [-0.4, -0.2) is 37.7 Å². The van der Waals surface area contributed by atoms with Crippen molar-refractivity contribution < 1.29 is 23.8 Å². The third kappa shape index (κ3) is 7.56. The van der Waals surface area contributed by atoms with E-state index in [1.807, 2.05) is 30.3 Å². The molecule has 0 aromatic heterocycles. The molecule has 1 unspecified atom stereocenters. The molecule has 2 rings (SSSR count). The molecular formula is C24H27NO5. The Morgan fingerprint density at radius 1 is 1.00 bits per heavy atom. The van der Waals surface area contributed by atoms with Crippen LogP contribution in [-0.2, 0) is 20.9 Å². The molecule has 30 heavy (non-hydrogen) atoms. The molecule has 0 saturated carbocycles. The minimum atomic E-state index is -0.970. The molecule has 158 valence electrons. The van der Waals surface area contributed by atoms with E-state index in [-0.39, 0.29) is 19.8 Å². The highest BCUT2D eigenvalue weighted by Crippen LogP contribution is 2.18. The molecule has 0 aliphatic rings. The second kappa shape index (κ2) is 13.0. The number of carbonyl (C=O) groups is 2. The van der Waals surface area contributed by atoms with E-state index in [1.165, 1.54) is 0 Å². The van der Waals surface area contributed by atoms with Crippen LogP contribution >= 0.6 is 0 Å². The van der Waals surface area contributed by atoms with Gasteiger partial charge in [0.05, 0.1) is 25.4 Å². The fourth-order valence-electron chi connectivity index (χ4n) is 2.54. The lowest BCUT2D eigenvalue weighted by atomic mass is 10.1. The summed E-state index contributed by atoms with van der Waals surface area (Å²) in [5, 5.41) is 2.69. The highest BCUT2D eigenvalue weighted by atomic mass is 16.5. The summed E-state index contributed by atoms with van der Waals surface area (Å²) in [6.45, 7) is 7.95. The van der Waals surface area contributed by atoms with Gasteiger partial charge in [0.25, 0.3) is 5.91 Å². The summed E-state index contributed by atoms with van der Waals surface area (Å²) < 4.78 is 16.4. The van der Waals surface area contributed by atoms with Gasteiger partial charge in [0.1, 0.15) is 12.4 Å². The zero-order valence-electron chi connectivity index (χ0n) is 16.9. The number of benzene rings is 2. The number of hydrogen-bond acceptors (Lipinski definition) is 5. The first kappa shape index (κ1) is 22.9. The number of esters is 1. The first-order valence-electron chi connectivity index (χ1n) is 9.68. The zero-order valence-corrected chi connectivity index (χ0v) is 16.9. The van der Waals surface area contributed by atoms with Crippen molar-refractivity contribution in [2.24, 2.45) is 0 Å². The van der Waals surface area contributed by atoms with E-state index in [4.69, 9.17) is 14.2 Å². The number of nitrogens with one attached hydrogen (secondary N) is 1. The molecule has 1 atom stereocenters. The van der Waals surface area contributed by atoms with Crippen molar-refractivity contribution in [2.45, 2.75) is 19.1 Å². The molecule has 1 amide bonds. The van der Waals surface area contributed by atoms with E-state index in [0.717, 1.165) is 5.56 Å². The van der Waals surface area contributed by atoms with Gasteiger partial charge in [0.15, 0.2) is 6.04 Å². The van der Waals surface area contributed by atoms with Crippen LogP contribution in [0.5, 0.6) is 5.75 Å². The number of rotatable bonds is 13. The van der Waals surface area contributed by atoms with Crippen molar-refractivity contribution in [2.75, 3.05) is 19.8 Å². The Hall–Kier alpha value is -3.38. The van der Waals surface area contributed by atoms with Crippen LogP contribution in [0.4, 0.5) is 0 Å². The van der Waals surface area contributed by atoms with Gasteiger partial charge in [-0.15, -0.1) is 13.2 Å². The Bertz CT molecular complexity index is 834. The molecular weight excluding hydrogens is 382 g/mol. The molecule has 0 bridgehead atoms. The molecule has 0 aliphatic carbocycles. The topological polar surface area (TPSA) is 73.9 Å². The van der Waals surface area contributed by atoms with E-state index in [1.54, 1.807) is 36.4 Å². The number of carbonyl (C=O) groups excluding carboxylic acids is 2. The molecule has 0 aliphatic heterocycles. The maximum atomic E-state index is 12.8. The van der Waals surface area contributed by atoms with Crippen LogP contribution in [0.2, 0.25) is 0 Å². The Morgan fingerprint density at radius 3 is 2.47 bits per heavy atom. The lowest BCUT2D eigenvalue weighted by molar-refractivity contribution is -0.148. The lowest BCUT2D eigenvalue weighted by Crippen LogP contribution is -2.45. The van der Waals surface area contributed by atoms with Crippen molar-refractivity contribution in [1.82, 2.24) is 5.32 Å². The molecule has 0 spiro atoms. The van der Waals surface area contributed by atoms with Gasteiger partial charge in [0.2, 0.25) is 0 Å². The first-order chi connectivity index (χ1) is 14.7. The monoisotopic (exact) mass is 409 g/mol. The minimum absolute atomic E-state index is 0.0368. The molecule has 0 radical (unpaired) electrons. The van der Waals surface area contributed by atoms with Crippen LogP contribution in [0.3, 0.4) is 0 Å². The van der Waals surface area contributed by atoms with Gasteiger partial charge < -0.3 is 19.5 Å². The van der Waals surface area contributed by atoms with Crippen molar-refractivity contribution in [3.63, 3.8) is 0 Å². The molecule has 2 aromatic carbocycles. The molecule has 0 saturated heterocycles. The second-order valence-electron chi connectivity index (χ2n) is 6.37. The van der Waals surface area contributed by atoms with Crippen molar-refractivity contribution in [1.29, 1.82) is 0 Å². The summed E-state index contributed by atoms with van der Waals surface area (Å²) >= 11 is 0. The van der Waals surface area contributed by atoms with Gasteiger partial charge in [0, 0.05) is 0 Å². The molecule has 0 heterocycles. The number of ether oxygens (including phenoxy) is 3. The quantitative estimate of drug-likeness (QED) is 0.310. The maximum absolute atomic E-state index is 12.8. The maximum Gasteiger partial charge on any atom is 0.331 e. The van der Waals surface area contributed by atoms with E-state index in [0.29, 0.717) is 24.3 Å². The van der Waals surface area contributed by atoms with Gasteiger partial charge in [-0.05, 0) is 24.1 Å². The van der Waals surface area contributed by atoms with Crippen LogP contribution in [0.15, 0.2) is 79.9 Å². The molecule has 2 aromatic rings. The summed E-state index contributed by atoms with van der Waals surface area (Å²) in [5.41, 5.74) is 1.18. The molecule has 0 fully saturated rings. The fraction of sp³-hybridized carbons (Fsp3) is 0.250. The van der Waals surface area contributed by atoms with E-state index in [2.05, 4.69) is 18.5 Å². The summed E-state index contributed by atoms with van der Waals surface area (Å²) in [6.07, 6.45) is 3.95. The van der Waals surface area contributed by atoms with Gasteiger partial charge in [-0.25, -0.2) is 4.79 Å². The summed E-state index contributed by atoms with van der Waals surface area (Å²) in [4.78, 5) is 25.4. The van der Waals surface area contributed by atoms with Crippen LogP contribution < -0.4 is 10.1 Å². The third-order valence-corrected chi connectivity index (χ3v) is 4.05. The van der Waals surface area contributed by atoms with Crippen molar-refractivity contribution in [3.8, 4) is 5.75 Å². The predicted molar refractivity (Wildman–Crippen MR) is 115 cm³/mol. The van der Waals surface area contributed by atoms with Gasteiger partial charge in [-0.2, -0.15) is 0 Å². The van der Waals surface area contributed by atoms with Gasteiger partial charge >= 0.3 is 5.97 Å². The highest BCUT2D eigenvalue weighted by Gasteiger charge is 2.24. The first-order valence-corrected chi connectivity index (χ1v) is 9.68. The van der Waals surface area contributed by atoms with E-state index < -0.39 is 17.9 Å². The smallest absolute Gasteiger partial charge is 0.331 e. The average Bonchev–Trinajstić information content (AvgIpc) is 2.78. The summed E-state index contributed by atoms with van der Waals surface area (Å²) in [5.74, 6) is -0.602. The minimum Gasteiger partial charge on any atom is -0.492 e. The van der Waals surface area contributed by atoms with Gasteiger partial charge in [-0.3, -0.25) is 4.79 Å². The largest absolute Gasteiger partial charge is 0.492 e. The van der Waals surface area contributed by atoms with Crippen molar-refractivity contribution >= 4 is 11.9 Å². The Labute approximate surface area is 177 Å². The van der Waals surface area contributed by atoms with E-state index >= 15 is 0 Å². The van der Waals surface area contributed by atoms with Crippen LogP contribution in [0.1, 0.15) is 22.3 Å². The lowest BCUT2D eigenvalue weighted by Gasteiger charge is -2.18.